The van der Waals surface area contributed by atoms with Crippen LogP contribution in [0.3, 0.4) is 0 Å². The Hall–Kier alpha value is -3.05. The van der Waals surface area contributed by atoms with E-state index >= 15 is 0 Å². The Bertz CT molecular complexity index is 1930. The number of amides is 3. The van der Waals surface area contributed by atoms with Gasteiger partial charge in [-0.25, -0.2) is 4.79 Å². The minimum absolute atomic E-state index is 0. The van der Waals surface area contributed by atoms with Gasteiger partial charge in [0.2, 0.25) is 17.7 Å². The number of Topliss-reactive ketones (excluding diaryl/α,β-unsaturated/α-hetero) is 2. The zero-order valence-electron chi connectivity index (χ0n) is 45.5. The van der Waals surface area contributed by atoms with Gasteiger partial charge in [0.15, 0.2) is 0 Å². The molecule has 2 aliphatic rings. The topological polar surface area (TPSA) is 215 Å². The van der Waals surface area contributed by atoms with Crippen molar-refractivity contribution in [3.05, 3.63) is 71.8 Å². The first-order valence-electron chi connectivity index (χ1n) is 25.3. The number of benzene rings is 2. The summed E-state index contributed by atoms with van der Waals surface area (Å²) in [7, 11) is 0. The van der Waals surface area contributed by atoms with Gasteiger partial charge in [0.1, 0.15) is 17.6 Å². The normalized spacial score (nSPS) is 21.1. The Morgan fingerprint density at radius 3 is 1.30 bits per heavy atom. The van der Waals surface area contributed by atoms with Crippen molar-refractivity contribution in [1.29, 1.82) is 0 Å². The first-order valence-corrected chi connectivity index (χ1v) is 26.3. The van der Waals surface area contributed by atoms with Gasteiger partial charge in [0.05, 0.1) is 23.5 Å². The van der Waals surface area contributed by atoms with Gasteiger partial charge in [-0.05, 0) is 104 Å². The molecule has 2 saturated carbocycles. The molecule has 0 saturated heterocycles. The second-order valence-electron chi connectivity index (χ2n) is 21.5. The molecule has 0 aliphatic heterocycles. The van der Waals surface area contributed by atoms with Crippen molar-refractivity contribution in [2.24, 2.45) is 58.5 Å². The molecule has 2 fully saturated rings. The number of hydrogen-bond acceptors (Lipinski definition) is 8. The van der Waals surface area contributed by atoms with Crippen molar-refractivity contribution < 1.29 is 82.1 Å². The van der Waals surface area contributed by atoms with Gasteiger partial charge in [-0.1, -0.05) is 136 Å². The molecule has 18 heteroatoms. The summed E-state index contributed by atoms with van der Waals surface area (Å²) in [6.07, 6.45) is 4.09. The largest absolute Gasteiger partial charge is 1.00 e. The van der Waals surface area contributed by atoms with Crippen LogP contribution in [0.1, 0.15) is 170 Å². The number of nitrogens with one attached hydrogen (secondary N) is 3. The molecule has 0 unspecified atom stereocenters. The Morgan fingerprint density at radius 1 is 0.658 bits per heavy atom. The second kappa shape index (κ2) is 36.1. The second-order valence-corrected chi connectivity index (χ2v) is 22.3. The van der Waals surface area contributed by atoms with E-state index in [0.29, 0.717) is 79.2 Å². The zero-order valence-corrected chi connectivity index (χ0v) is 49.0. The molecular formula is C55H86Cl2F3N4NaO8. The van der Waals surface area contributed by atoms with Gasteiger partial charge in [0, 0.05) is 31.1 Å². The predicted molar refractivity (Wildman–Crippen MR) is 280 cm³/mol. The molecule has 0 radical (unpaired) electrons. The quantitative estimate of drug-likeness (QED) is 0.0711. The van der Waals surface area contributed by atoms with E-state index in [1.165, 1.54) is 12.8 Å². The van der Waals surface area contributed by atoms with Crippen molar-refractivity contribution >= 4 is 58.5 Å². The molecule has 7 N–H and O–H groups in total. The van der Waals surface area contributed by atoms with E-state index in [1.54, 1.807) is 13.8 Å². The molecule has 0 bridgehead atoms. The van der Waals surface area contributed by atoms with Crippen molar-refractivity contribution in [2.45, 2.75) is 177 Å². The maximum atomic E-state index is 13.3. The van der Waals surface area contributed by atoms with E-state index in [-0.39, 0.29) is 87.4 Å². The van der Waals surface area contributed by atoms with E-state index in [2.05, 4.69) is 57.5 Å². The number of carboxylic acids is 1. The van der Waals surface area contributed by atoms with Crippen LogP contribution in [0.2, 0.25) is 0 Å². The number of alkyl halides is 5. The molecule has 2 aromatic rings. The van der Waals surface area contributed by atoms with Crippen LogP contribution in [0.5, 0.6) is 0 Å². The summed E-state index contributed by atoms with van der Waals surface area (Å²) in [6, 6.07) is 18.0. The molecule has 410 valence electrons. The first kappa shape index (κ1) is 72.0. The third-order valence-electron chi connectivity index (χ3n) is 13.4. The predicted octanol–water partition coefficient (Wildman–Crippen LogP) is 8.97. The van der Waals surface area contributed by atoms with Crippen LogP contribution in [-0.2, 0) is 28.8 Å². The van der Waals surface area contributed by atoms with Crippen molar-refractivity contribution in [3.63, 3.8) is 0 Å². The van der Waals surface area contributed by atoms with Crippen molar-refractivity contribution in [3.8, 4) is 0 Å². The van der Waals surface area contributed by atoms with Gasteiger partial charge in [-0.2, -0.15) is 13.2 Å². The third-order valence-corrected chi connectivity index (χ3v) is 13.4. The Labute approximate surface area is 466 Å². The van der Waals surface area contributed by atoms with Gasteiger partial charge in [-0.15, -0.1) is 23.2 Å². The van der Waals surface area contributed by atoms with Crippen LogP contribution in [0.25, 0.3) is 0 Å². The van der Waals surface area contributed by atoms with E-state index in [4.69, 9.17) is 38.8 Å². The van der Waals surface area contributed by atoms with Gasteiger partial charge in [0.25, 0.3) is 0 Å². The molecule has 0 spiro atoms. The van der Waals surface area contributed by atoms with E-state index < -0.39 is 24.2 Å². The fraction of sp³-hybridized carbons (Fsp3) is 0.673. The van der Waals surface area contributed by atoms with Crippen LogP contribution in [-0.4, -0.2) is 69.4 Å². The first-order chi connectivity index (χ1) is 33.0. The zero-order chi connectivity index (χ0) is 54.2. The average molecular weight is 1080 g/mol. The molecule has 73 heavy (non-hydrogen) atoms. The minimum atomic E-state index is -5.08. The maximum Gasteiger partial charge on any atom is 1.00 e. The summed E-state index contributed by atoms with van der Waals surface area (Å²) >= 11 is 9.53. The van der Waals surface area contributed by atoms with Crippen molar-refractivity contribution in [1.82, 2.24) is 16.0 Å². The molecule has 2 aromatic carbocycles. The van der Waals surface area contributed by atoms with Crippen LogP contribution in [0, 0.1) is 52.8 Å². The van der Waals surface area contributed by atoms with E-state index in [9.17, 15) is 37.1 Å². The molecule has 0 aromatic heterocycles. The fourth-order valence-corrected chi connectivity index (χ4v) is 9.54. The van der Waals surface area contributed by atoms with Crippen molar-refractivity contribution in [2.75, 3.05) is 5.34 Å². The number of carboxylic acid groups (broad SMARTS) is 1. The molecule has 0 heterocycles. The number of carbonyl (C=O) groups is 6. The summed E-state index contributed by atoms with van der Waals surface area (Å²) in [5.74, 6) is 0.858. The van der Waals surface area contributed by atoms with Crippen LogP contribution in [0.15, 0.2) is 60.7 Å². The molecule has 4 rings (SSSR count). The number of halogens is 5. The standard InChI is InChI=1S/C29H46N2O3.C23H36N2O2.C2HF3O2.CH2Cl2.Na.H2O/c1-19(2)23-14-13-20(3)17-24(23)26(32)16-15-25(22-11-9-8-10-12-22)31-28(34)21(4)30-27(33)18-29(5,6)7;1-15(2)19-11-10-16(3)14-20(19)22(26)13-12-21(25-23(27)17(4)24)18-8-6-5-7-9-18;3-2(4,5)1(6)7;2-1-3;;/h8-12,19-21,23-25H,13-18H2,1-7H3,(H,30,33)(H,31,34);5-9,15-17,19-21H,10-14,24H2,1-4H3,(H,25,27);(H,6,7);1H2;;1H2/q;;;;+1;/p-1/t20-,21-,23+,24-,25+;16-,17-,19+,20-,21+;;;;/m11..../s1. The number of ketones is 2. The van der Waals surface area contributed by atoms with Crippen LogP contribution >= 0.6 is 23.2 Å². The molecule has 10 atom stereocenters. The SMILES string of the molecule is CC(C)[C@@H]1CC[C@@H](C)C[C@H]1C(=O)CC[C@H](NC(=O)[C@@H](C)N)c1ccccc1.CC(C)[C@@H]1CC[C@@H](C)C[C@H]1C(=O)CC[C@H](NC(=O)[C@@H](C)NC(=O)CC(C)(C)C)c1ccccc1.ClCCl.O=C(O)C(F)(F)F.[Na+].[OH-]. The Morgan fingerprint density at radius 2 is 1.00 bits per heavy atom. The Kier molecular flexibility index (Phi) is 35.6. The van der Waals surface area contributed by atoms with Crippen LogP contribution in [0.4, 0.5) is 13.2 Å². The summed E-state index contributed by atoms with van der Waals surface area (Å²) in [5.41, 5.74) is 7.59. The molecule has 2 aliphatic carbocycles. The number of rotatable bonds is 18. The number of nitrogens with two attached hydrogens (primary N) is 1. The maximum absolute atomic E-state index is 13.3. The fourth-order valence-electron chi connectivity index (χ4n) is 9.54. The number of aliphatic carboxylic acids is 1. The minimum Gasteiger partial charge on any atom is -0.870 e. The summed E-state index contributed by atoms with van der Waals surface area (Å²) in [5, 5.41) is 16.2. The summed E-state index contributed by atoms with van der Waals surface area (Å²) in [6.45, 7) is 22.8. The van der Waals surface area contributed by atoms with Gasteiger partial charge < -0.3 is 32.3 Å². The Balaban J connectivity index is 0. The molecule has 3 amide bonds. The number of hydrogen-bond donors (Lipinski definition) is 5. The van der Waals surface area contributed by atoms with E-state index in [0.717, 1.165) is 36.8 Å². The summed E-state index contributed by atoms with van der Waals surface area (Å²) < 4.78 is 31.7. The molecular weight excluding hydrogens is 996 g/mol. The molecule has 12 nitrogen and oxygen atoms in total. The number of carbonyl (C=O) groups excluding carboxylic acids is 5. The third kappa shape index (κ3) is 28.6. The monoisotopic (exact) mass is 1080 g/mol. The van der Waals surface area contributed by atoms with Gasteiger partial charge >= 0.3 is 41.7 Å². The smallest absolute Gasteiger partial charge is 0.870 e. The summed E-state index contributed by atoms with van der Waals surface area (Å²) in [4.78, 5) is 72.7. The van der Waals surface area contributed by atoms with Gasteiger partial charge in [-0.3, -0.25) is 24.0 Å². The van der Waals surface area contributed by atoms with Crippen LogP contribution < -0.4 is 51.2 Å². The van der Waals surface area contributed by atoms with E-state index in [1.807, 2.05) is 81.4 Å². The average Bonchev–Trinajstić information content (AvgIpc) is 3.28.